The number of nitrogens with one attached hydrogen (secondary N) is 1. The van der Waals surface area contributed by atoms with E-state index in [1.807, 2.05) is 44.2 Å². The van der Waals surface area contributed by atoms with Crippen molar-refractivity contribution in [3.8, 4) is 0 Å². The number of ether oxygens (including phenoxy) is 1. The molecular formula is C20H29NO3. The zero-order chi connectivity index (χ0) is 17.4. The monoisotopic (exact) mass is 331 g/mol. The van der Waals surface area contributed by atoms with Crippen molar-refractivity contribution in [2.24, 2.45) is 11.8 Å². The average Bonchev–Trinajstić information content (AvgIpc) is 3.05. The van der Waals surface area contributed by atoms with Gasteiger partial charge >= 0.3 is 5.97 Å². The van der Waals surface area contributed by atoms with Gasteiger partial charge in [-0.2, -0.15) is 0 Å². The standard InChI is InChI=1S/C20H29NO3/c1-15(2)12-18(21-19(22)13-16-8-6-7-9-16)20(23)24-14-17-10-4-3-5-11-17/h3-5,10-11,15-16,18H,6-9,12-14H2,1-2H3,(H,21,22)/t18-/m0/s1. The van der Waals surface area contributed by atoms with E-state index in [1.54, 1.807) is 0 Å². The molecule has 4 heteroatoms. The van der Waals surface area contributed by atoms with Crippen molar-refractivity contribution in [3.63, 3.8) is 0 Å². The zero-order valence-corrected chi connectivity index (χ0v) is 14.8. The molecule has 1 saturated carbocycles. The van der Waals surface area contributed by atoms with Crippen molar-refractivity contribution in [1.82, 2.24) is 5.32 Å². The molecule has 4 nitrogen and oxygen atoms in total. The van der Waals surface area contributed by atoms with E-state index in [-0.39, 0.29) is 18.5 Å². The number of rotatable bonds is 8. The normalized spacial score (nSPS) is 16.1. The molecule has 1 aliphatic rings. The van der Waals surface area contributed by atoms with Crippen LogP contribution in [0.3, 0.4) is 0 Å². The molecule has 1 N–H and O–H groups in total. The molecular weight excluding hydrogens is 302 g/mol. The van der Waals surface area contributed by atoms with Crippen LogP contribution in [0.15, 0.2) is 30.3 Å². The highest BCUT2D eigenvalue weighted by molar-refractivity contribution is 5.84. The van der Waals surface area contributed by atoms with Crippen LogP contribution >= 0.6 is 0 Å². The third kappa shape index (κ3) is 6.34. The van der Waals surface area contributed by atoms with Crippen LogP contribution in [-0.4, -0.2) is 17.9 Å². The van der Waals surface area contributed by atoms with Gasteiger partial charge in [-0.1, -0.05) is 57.0 Å². The van der Waals surface area contributed by atoms with E-state index in [0.717, 1.165) is 18.4 Å². The number of hydrogen-bond donors (Lipinski definition) is 1. The molecule has 0 radical (unpaired) electrons. The number of carbonyl (C=O) groups is 2. The predicted molar refractivity (Wildman–Crippen MR) is 94.2 cm³/mol. The smallest absolute Gasteiger partial charge is 0.328 e. The van der Waals surface area contributed by atoms with Gasteiger partial charge in [0, 0.05) is 6.42 Å². The van der Waals surface area contributed by atoms with Crippen molar-refractivity contribution in [2.75, 3.05) is 0 Å². The second kappa shape index (κ2) is 9.45. The molecule has 0 heterocycles. The fraction of sp³-hybridized carbons (Fsp3) is 0.600. The minimum atomic E-state index is -0.553. The van der Waals surface area contributed by atoms with Crippen LogP contribution in [0.2, 0.25) is 0 Å². The molecule has 0 bridgehead atoms. The van der Waals surface area contributed by atoms with Crippen molar-refractivity contribution in [3.05, 3.63) is 35.9 Å². The molecule has 0 aliphatic heterocycles. The first-order valence-corrected chi connectivity index (χ1v) is 9.04. The summed E-state index contributed by atoms with van der Waals surface area (Å²) >= 11 is 0. The fourth-order valence-electron chi connectivity index (χ4n) is 3.24. The molecule has 1 aromatic rings. The van der Waals surface area contributed by atoms with E-state index in [2.05, 4.69) is 5.32 Å². The Morgan fingerprint density at radius 1 is 1.17 bits per heavy atom. The van der Waals surface area contributed by atoms with E-state index in [4.69, 9.17) is 4.74 Å². The van der Waals surface area contributed by atoms with Crippen molar-refractivity contribution >= 4 is 11.9 Å². The molecule has 1 aromatic carbocycles. The van der Waals surface area contributed by atoms with Crippen LogP contribution in [0.25, 0.3) is 0 Å². The Balaban J connectivity index is 1.85. The number of carbonyl (C=O) groups excluding carboxylic acids is 2. The quantitative estimate of drug-likeness (QED) is 0.736. The first-order valence-electron chi connectivity index (χ1n) is 9.04. The topological polar surface area (TPSA) is 55.4 Å². The summed E-state index contributed by atoms with van der Waals surface area (Å²) in [4.78, 5) is 24.6. The number of benzene rings is 1. The summed E-state index contributed by atoms with van der Waals surface area (Å²) in [6, 6.07) is 9.04. The first-order chi connectivity index (χ1) is 11.5. The van der Waals surface area contributed by atoms with E-state index in [1.165, 1.54) is 12.8 Å². The average molecular weight is 331 g/mol. The molecule has 0 unspecified atom stereocenters. The lowest BCUT2D eigenvalue weighted by atomic mass is 10.0. The van der Waals surface area contributed by atoms with Crippen LogP contribution < -0.4 is 5.32 Å². The van der Waals surface area contributed by atoms with Gasteiger partial charge in [0.05, 0.1) is 0 Å². The minimum absolute atomic E-state index is 0.0239. The van der Waals surface area contributed by atoms with E-state index in [0.29, 0.717) is 24.7 Å². The SMILES string of the molecule is CC(C)C[C@H](NC(=O)CC1CCCC1)C(=O)OCc1ccccc1. The summed E-state index contributed by atoms with van der Waals surface area (Å²) in [5.74, 6) is 0.424. The highest BCUT2D eigenvalue weighted by Gasteiger charge is 2.25. The van der Waals surface area contributed by atoms with Crippen LogP contribution in [0.5, 0.6) is 0 Å². The second-order valence-corrected chi connectivity index (χ2v) is 7.20. The molecule has 2 rings (SSSR count). The Labute approximate surface area is 145 Å². The van der Waals surface area contributed by atoms with Gasteiger partial charge in [0.15, 0.2) is 0 Å². The largest absolute Gasteiger partial charge is 0.459 e. The Hall–Kier alpha value is -1.84. The van der Waals surface area contributed by atoms with Crippen LogP contribution in [-0.2, 0) is 20.9 Å². The highest BCUT2D eigenvalue weighted by Crippen LogP contribution is 2.27. The maximum atomic E-state index is 12.4. The zero-order valence-electron chi connectivity index (χ0n) is 14.8. The van der Waals surface area contributed by atoms with Gasteiger partial charge in [0.1, 0.15) is 12.6 Å². The molecule has 24 heavy (non-hydrogen) atoms. The van der Waals surface area contributed by atoms with Gasteiger partial charge in [-0.3, -0.25) is 4.79 Å². The van der Waals surface area contributed by atoms with Gasteiger partial charge in [-0.25, -0.2) is 4.79 Å². The van der Waals surface area contributed by atoms with Gasteiger partial charge in [-0.05, 0) is 36.7 Å². The Kier molecular flexibility index (Phi) is 7.29. The maximum Gasteiger partial charge on any atom is 0.328 e. The summed E-state index contributed by atoms with van der Waals surface area (Å²) in [5, 5.41) is 2.90. The third-order valence-electron chi connectivity index (χ3n) is 4.50. The summed E-state index contributed by atoms with van der Waals surface area (Å²) in [7, 11) is 0. The molecule has 1 amide bonds. The number of hydrogen-bond acceptors (Lipinski definition) is 3. The molecule has 132 valence electrons. The number of amides is 1. The summed E-state index contributed by atoms with van der Waals surface area (Å²) in [6.07, 6.45) is 5.81. The van der Waals surface area contributed by atoms with Crippen LogP contribution in [0.4, 0.5) is 0 Å². The molecule has 0 saturated heterocycles. The fourth-order valence-corrected chi connectivity index (χ4v) is 3.24. The highest BCUT2D eigenvalue weighted by atomic mass is 16.5. The second-order valence-electron chi connectivity index (χ2n) is 7.20. The Bertz CT molecular complexity index is 521. The Morgan fingerprint density at radius 3 is 2.46 bits per heavy atom. The molecule has 0 aromatic heterocycles. The maximum absolute atomic E-state index is 12.4. The first kappa shape index (κ1) is 18.5. The van der Waals surface area contributed by atoms with Gasteiger partial charge in [0.25, 0.3) is 0 Å². The minimum Gasteiger partial charge on any atom is -0.459 e. The summed E-state index contributed by atoms with van der Waals surface area (Å²) < 4.78 is 5.41. The van der Waals surface area contributed by atoms with Gasteiger partial charge < -0.3 is 10.1 Å². The van der Waals surface area contributed by atoms with Crippen molar-refractivity contribution in [2.45, 2.75) is 65.0 Å². The van der Waals surface area contributed by atoms with Gasteiger partial charge in [0.2, 0.25) is 5.91 Å². The molecule has 1 aliphatic carbocycles. The summed E-state index contributed by atoms with van der Waals surface area (Å²) in [6.45, 7) is 4.33. The molecule has 1 fully saturated rings. The van der Waals surface area contributed by atoms with E-state index >= 15 is 0 Å². The molecule has 0 spiro atoms. The van der Waals surface area contributed by atoms with Crippen LogP contribution in [0.1, 0.15) is 57.9 Å². The molecule has 1 atom stereocenters. The number of esters is 1. The van der Waals surface area contributed by atoms with Crippen molar-refractivity contribution < 1.29 is 14.3 Å². The van der Waals surface area contributed by atoms with Gasteiger partial charge in [-0.15, -0.1) is 0 Å². The van der Waals surface area contributed by atoms with Crippen LogP contribution in [0, 0.1) is 11.8 Å². The lowest BCUT2D eigenvalue weighted by molar-refractivity contribution is -0.149. The summed E-state index contributed by atoms with van der Waals surface area (Å²) in [5.41, 5.74) is 0.950. The Morgan fingerprint density at radius 2 is 1.83 bits per heavy atom. The third-order valence-corrected chi connectivity index (χ3v) is 4.50. The van der Waals surface area contributed by atoms with E-state index in [9.17, 15) is 9.59 Å². The van der Waals surface area contributed by atoms with E-state index < -0.39 is 6.04 Å². The predicted octanol–water partition coefficient (Wildman–Crippen LogP) is 3.84. The lowest BCUT2D eigenvalue weighted by Gasteiger charge is -2.20. The van der Waals surface area contributed by atoms with Crippen molar-refractivity contribution in [1.29, 1.82) is 0 Å². The lowest BCUT2D eigenvalue weighted by Crippen LogP contribution is -2.43.